The van der Waals surface area contributed by atoms with Crippen LogP contribution in [-0.4, -0.2) is 18.5 Å². The van der Waals surface area contributed by atoms with E-state index < -0.39 is 0 Å². The third-order valence-electron chi connectivity index (χ3n) is 3.84. The van der Waals surface area contributed by atoms with Crippen LogP contribution >= 0.6 is 0 Å². The molecule has 2 aromatic rings. The summed E-state index contributed by atoms with van der Waals surface area (Å²) in [5.41, 5.74) is 3.19. The lowest BCUT2D eigenvalue weighted by Gasteiger charge is -2.14. The third-order valence-corrected chi connectivity index (χ3v) is 3.84. The number of amides is 1. The van der Waals surface area contributed by atoms with Crippen LogP contribution in [0.3, 0.4) is 0 Å². The second-order valence-electron chi connectivity index (χ2n) is 6.17. The molecule has 0 aliphatic carbocycles. The second kappa shape index (κ2) is 9.18. The number of benzene rings is 2. The topological polar surface area (TPSA) is 41.1 Å². The molecule has 4 heteroatoms. The Morgan fingerprint density at radius 2 is 1.88 bits per heavy atom. The Bertz CT molecular complexity index is 655. The maximum Gasteiger partial charge on any atom is 0.221 e. The fraction of sp³-hybridized carbons (Fsp3) is 0.350. The molecule has 0 aromatic heterocycles. The first-order valence-corrected chi connectivity index (χ1v) is 8.37. The van der Waals surface area contributed by atoms with E-state index in [1.54, 1.807) is 0 Å². The third kappa shape index (κ3) is 6.50. The van der Waals surface area contributed by atoms with Crippen LogP contribution in [0, 0.1) is 5.82 Å². The van der Waals surface area contributed by atoms with Gasteiger partial charge in [-0.2, -0.15) is 0 Å². The molecule has 0 saturated heterocycles. The molecule has 0 spiro atoms. The summed E-state index contributed by atoms with van der Waals surface area (Å²) >= 11 is 0. The smallest absolute Gasteiger partial charge is 0.221 e. The molecule has 0 aliphatic heterocycles. The highest BCUT2D eigenvalue weighted by atomic mass is 19.1. The van der Waals surface area contributed by atoms with Gasteiger partial charge in [0, 0.05) is 18.7 Å². The monoisotopic (exact) mass is 328 g/mol. The Balaban J connectivity index is 1.72. The average molecular weight is 328 g/mol. The molecule has 2 aromatic carbocycles. The van der Waals surface area contributed by atoms with Crippen molar-refractivity contribution < 1.29 is 9.18 Å². The van der Waals surface area contributed by atoms with E-state index >= 15 is 0 Å². The Kier molecular flexibility index (Phi) is 6.94. The molecule has 3 nitrogen and oxygen atoms in total. The lowest BCUT2D eigenvalue weighted by molar-refractivity contribution is -0.114. The van der Waals surface area contributed by atoms with Crippen molar-refractivity contribution in [1.82, 2.24) is 5.32 Å². The molecule has 0 fully saturated rings. The maximum absolute atomic E-state index is 12.9. The number of nitrogens with one attached hydrogen (secondary N) is 2. The van der Waals surface area contributed by atoms with E-state index in [2.05, 4.69) is 23.6 Å². The van der Waals surface area contributed by atoms with Crippen molar-refractivity contribution in [2.75, 3.05) is 11.9 Å². The normalized spacial score (nSPS) is 12.0. The van der Waals surface area contributed by atoms with Gasteiger partial charge in [-0.05, 0) is 68.1 Å². The van der Waals surface area contributed by atoms with Gasteiger partial charge < -0.3 is 10.6 Å². The van der Waals surface area contributed by atoms with Gasteiger partial charge in [0.2, 0.25) is 5.91 Å². The van der Waals surface area contributed by atoms with Crippen LogP contribution in [0.4, 0.5) is 10.1 Å². The Labute approximate surface area is 143 Å². The summed E-state index contributed by atoms with van der Waals surface area (Å²) < 4.78 is 12.9. The number of hydrogen-bond donors (Lipinski definition) is 2. The lowest BCUT2D eigenvalue weighted by Crippen LogP contribution is -2.29. The Morgan fingerprint density at radius 3 is 2.58 bits per heavy atom. The fourth-order valence-corrected chi connectivity index (χ4v) is 2.70. The molecule has 1 unspecified atom stereocenters. The number of rotatable bonds is 8. The van der Waals surface area contributed by atoms with Crippen molar-refractivity contribution >= 4 is 11.6 Å². The molecule has 2 rings (SSSR count). The predicted octanol–water partition coefficient (Wildman–Crippen LogP) is 3.94. The molecule has 1 amide bonds. The number of anilines is 1. The molecular weight excluding hydrogens is 303 g/mol. The standard InChI is InChI=1S/C20H25FN2O/c1-15(13-18-5-3-7-20(14-18)23-16(2)24)22-12-4-6-17-8-10-19(21)11-9-17/h3,5,7-11,14-15,22H,4,6,12-13H2,1-2H3,(H,23,24). The first-order chi connectivity index (χ1) is 11.5. The van der Waals surface area contributed by atoms with Crippen molar-refractivity contribution in [2.24, 2.45) is 0 Å². The molecule has 2 N–H and O–H groups in total. The van der Waals surface area contributed by atoms with Gasteiger partial charge in [-0.25, -0.2) is 4.39 Å². The Morgan fingerprint density at radius 1 is 1.12 bits per heavy atom. The molecular formula is C20H25FN2O. The van der Waals surface area contributed by atoms with Crippen LogP contribution in [0.15, 0.2) is 48.5 Å². The van der Waals surface area contributed by atoms with Gasteiger partial charge in [0.05, 0.1) is 0 Å². The zero-order valence-electron chi connectivity index (χ0n) is 14.3. The number of aryl methyl sites for hydroxylation is 1. The highest BCUT2D eigenvalue weighted by molar-refractivity contribution is 5.88. The molecule has 128 valence electrons. The largest absolute Gasteiger partial charge is 0.326 e. The van der Waals surface area contributed by atoms with Crippen LogP contribution in [-0.2, 0) is 17.6 Å². The van der Waals surface area contributed by atoms with Gasteiger partial charge in [0.15, 0.2) is 0 Å². The second-order valence-corrected chi connectivity index (χ2v) is 6.17. The van der Waals surface area contributed by atoms with Crippen molar-refractivity contribution in [3.8, 4) is 0 Å². The maximum atomic E-state index is 12.9. The lowest BCUT2D eigenvalue weighted by atomic mass is 10.1. The van der Waals surface area contributed by atoms with Crippen LogP contribution in [0.1, 0.15) is 31.4 Å². The van der Waals surface area contributed by atoms with Gasteiger partial charge >= 0.3 is 0 Å². The molecule has 1 atom stereocenters. The number of carbonyl (C=O) groups excluding carboxylic acids is 1. The summed E-state index contributed by atoms with van der Waals surface area (Å²) in [5, 5.41) is 6.32. The summed E-state index contributed by atoms with van der Waals surface area (Å²) in [5.74, 6) is -0.244. The first kappa shape index (κ1) is 18.1. The minimum atomic E-state index is -0.188. The minimum absolute atomic E-state index is 0.0564. The van der Waals surface area contributed by atoms with Crippen LogP contribution < -0.4 is 10.6 Å². The van der Waals surface area contributed by atoms with Gasteiger partial charge in [-0.1, -0.05) is 24.3 Å². The molecule has 0 heterocycles. The van der Waals surface area contributed by atoms with Crippen molar-refractivity contribution in [1.29, 1.82) is 0 Å². The van der Waals surface area contributed by atoms with E-state index in [0.29, 0.717) is 6.04 Å². The van der Waals surface area contributed by atoms with E-state index in [1.165, 1.54) is 24.6 Å². The quantitative estimate of drug-likeness (QED) is 0.721. The van der Waals surface area contributed by atoms with Crippen molar-refractivity contribution in [3.05, 3.63) is 65.5 Å². The number of carbonyl (C=O) groups is 1. The summed E-state index contributed by atoms with van der Waals surface area (Å²) in [6.07, 6.45) is 2.86. The van der Waals surface area contributed by atoms with Crippen molar-refractivity contribution in [2.45, 2.75) is 39.2 Å². The van der Waals surface area contributed by atoms with Crippen LogP contribution in [0.2, 0.25) is 0 Å². The van der Waals surface area contributed by atoms with E-state index in [1.807, 2.05) is 30.3 Å². The van der Waals surface area contributed by atoms with Gasteiger partial charge in [0.25, 0.3) is 0 Å². The van der Waals surface area contributed by atoms with Crippen molar-refractivity contribution in [3.63, 3.8) is 0 Å². The van der Waals surface area contributed by atoms with Crippen LogP contribution in [0.5, 0.6) is 0 Å². The highest BCUT2D eigenvalue weighted by Gasteiger charge is 2.04. The molecule has 0 radical (unpaired) electrons. The average Bonchev–Trinajstić information content (AvgIpc) is 2.53. The summed E-state index contributed by atoms with van der Waals surface area (Å²) in [7, 11) is 0. The number of hydrogen-bond acceptors (Lipinski definition) is 2. The van der Waals surface area contributed by atoms with E-state index in [0.717, 1.165) is 37.1 Å². The van der Waals surface area contributed by atoms with Crippen LogP contribution in [0.25, 0.3) is 0 Å². The van der Waals surface area contributed by atoms with Gasteiger partial charge in [-0.15, -0.1) is 0 Å². The van der Waals surface area contributed by atoms with E-state index in [-0.39, 0.29) is 11.7 Å². The van der Waals surface area contributed by atoms with E-state index in [9.17, 15) is 9.18 Å². The van der Waals surface area contributed by atoms with E-state index in [4.69, 9.17) is 0 Å². The van der Waals surface area contributed by atoms with Gasteiger partial charge in [-0.3, -0.25) is 4.79 Å². The summed E-state index contributed by atoms with van der Waals surface area (Å²) in [6.45, 7) is 4.59. The molecule has 0 saturated carbocycles. The predicted molar refractivity (Wildman–Crippen MR) is 96.6 cm³/mol. The SMILES string of the molecule is CC(=O)Nc1cccc(CC(C)NCCCc2ccc(F)cc2)c1. The van der Waals surface area contributed by atoms with Gasteiger partial charge in [0.1, 0.15) is 5.82 Å². The highest BCUT2D eigenvalue weighted by Crippen LogP contribution is 2.12. The summed E-state index contributed by atoms with van der Waals surface area (Å²) in [6, 6.07) is 15.0. The molecule has 0 bridgehead atoms. The fourth-order valence-electron chi connectivity index (χ4n) is 2.70. The molecule has 24 heavy (non-hydrogen) atoms. The molecule has 0 aliphatic rings. The first-order valence-electron chi connectivity index (χ1n) is 8.37. The Hall–Kier alpha value is -2.20. The zero-order valence-corrected chi connectivity index (χ0v) is 14.3. The minimum Gasteiger partial charge on any atom is -0.326 e. The zero-order chi connectivity index (χ0) is 17.4. The number of halogens is 1. The summed E-state index contributed by atoms with van der Waals surface area (Å²) in [4.78, 5) is 11.1.